The van der Waals surface area contributed by atoms with E-state index in [1.807, 2.05) is 12.4 Å². The number of rotatable bonds is 13. The van der Waals surface area contributed by atoms with Gasteiger partial charge in [0.25, 0.3) is 0 Å². The average molecular weight is 423 g/mol. The topological polar surface area (TPSA) is 35.0 Å². The molecule has 0 spiro atoms. The van der Waals surface area contributed by atoms with Gasteiger partial charge in [-0.05, 0) is 61.8 Å². The maximum absolute atomic E-state index is 6.07. The molecule has 1 saturated carbocycles. The highest BCUT2D eigenvalue weighted by Gasteiger charge is 2.20. The quantitative estimate of drug-likeness (QED) is 0.306. The van der Waals surface area contributed by atoms with Crippen LogP contribution in [0.1, 0.15) is 96.6 Å². The maximum Gasteiger partial charge on any atom is 0.119 e. The van der Waals surface area contributed by atoms with Crippen LogP contribution < -0.4 is 4.74 Å². The van der Waals surface area contributed by atoms with E-state index in [1.54, 1.807) is 0 Å². The smallest absolute Gasteiger partial charge is 0.119 e. The first-order chi connectivity index (χ1) is 15.3. The summed E-state index contributed by atoms with van der Waals surface area (Å²) in [6.45, 7) is 5.43. The van der Waals surface area contributed by atoms with Gasteiger partial charge in [-0.25, -0.2) is 0 Å². The Kier molecular flexibility index (Phi) is 10.3. The van der Waals surface area contributed by atoms with E-state index in [4.69, 9.17) is 4.74 Å². The van der Waals surface area contributed by atoms with Crippen LogP contribution in [-0.4, -0.2) is 16.6 Å². The van der Waals surface area contributed by atoms with Crippen molar-refractivity contribution in [2.45, 2.75) is 97.3 Å². The standard InChI is InChI=1S/C28H42N2O/c1-3-5-6-7-8-9-10-11-26-20-30-28(21-29-26)25-16-18-27(19-17-25)31-22-24-14-12-23(4-2)13-15-24/h16-21,23-24H,3-15,22H2,1-2H3. The molecule has 0 atom stereocenters. The third-order valence-corrected chi connectivity index (χ3v) is 6.92. The van der Waals surface area contributed by atoms with Crippen molar-refractivity contribution < 1.29 is 4.74 Å². The summed E-state index contributed by atoms with van der Waals surface area (Å²) in [5.41, 5.74) is 3.15. The molecule has 1 aliphatic rings. The number of benzene rings is 1. The van der Waals surface area contributed by atoms with E-state index in [0.29, 0.717) is 0 Å². The predicted octanol–water partition coefficient (Wildman–Crippen LogP) is 8.03. The lowest BCUT2D eigenvalue weighted by Crippen LogP contribution is -2.19. The minimum atomic E-state index is 0.720. The van der Waals surface area contributed by atoms with Crippen LogP contribution in [-0.2, 0) is 6.42 Å². The lowest BCUT2D eigenvalue weighted by Gasteiger charge is -2.27. The average Bonchev–Trinajstić information content (AvgIpc) is 2.83. The van der Waals surface area contributed by atoms with Crippen LogP contribution in [0.3, 0.4) is 0 Å². The Morgan fingerprint density at radius 2 is 1.45 bits per heavy atom. The molecule has 2 aromatic rings. The minimum Gasteiger partial charge on any atom is -0.493 e. The molecule has 0 N–H and O–H groups in total. The van der Waals surface area contributed by atoms with Crippen molar-refractivity contribution in [3.05, 3.63) is 42.4 Å². The predicted molar refractivity (Wildman–Crippen MR) is 130 cm³/mol. The first kappa shape index (κ1) is 23.8. The second-order valence-electron chi connectivity index (χ2n) is 9.39. The van der Waals surface area contributed by atoms with Gasteiger partial charge in [0.1, 0.15) is 5.75 Å². The van der Waals surface area contributed by atoms with Gasteiger partial charge in [-0.3, -0.25) is 9.97 Å². The molecule has 0 bridgehead atoms. The fourth-order valence-electron chi connectivity index (χ4n) is 4.64. The number of aromatic nitrogens is 2. The molecule has 0 aliphatic heterocycles. The summed E-state index contributed by atoms with van der Waals surface area (Å²) in [4.78, 5) is 9.29. The molecule has 1 aliphatic carbocycles. The van der Waals surface area contributed by atoms with E-state index in [2.05, 4.69) is 48.1 Å². The van der Waals surface area contributed by atoms with Crippen LogP contribution in [0.2, 0.25) is 0 Å². The Hall–Kier alpha value is -1.90. The van der Waals surface area contributed by atoms with E-state index >= 15 is 0 Å². The van der Waals surface area contributed by atoms with Crippen molar-refractivity contribution in [3.8, 4) is 17.0 Å². The van der Waals surface area contributed by atoms with Crippen molar-refractivity contribution in [1.82, 2.24) is 9.97 Å². The Labute approximate surface area is 190 Å². The van der Waals surface area contributed by atoms with Crippen molar-refractivity contribution >= 4 is 0 Å². The van der Waals surface area contributed by atoms with E-state index < -0.39 is 0 Å². The highest BCUT2D eigenvalue weighted by molar-refractivity contribution is 5.58. The number of aryl methyl sites for hydroxylation is 1. The van der Waals surface area contributed by atoms with Gasteiger partial charge < -0.3 is 4.74 Å². The summed E-state index contributed by atoms with van der Waals surface area (Å²) in [6, 6.07) is 8.34. The molecule has 1 heterocycles. The fraction of sp³-hybridized carbons (Fsp3) is 0.643. The van der Waals surface area contributed by atoms with Gasteiger partial charge >= 0.3 is 0 Å². The first-order valence-electron chi connectivity index (χ1n) is 12.8. The van der Waals surface area contributed by atoms with Gasteiger partial charge in [0.2, 0.25) is 0 Å². The zero-order chi connectivity index (χ0) is 21.7. The van der Waals surface area contributed by atoms with E-state index in [0.717, 1.165) is 47.6 Å². The highest BCUT2D eigenvalue weighted by Crippen LogP contribution is 2.31. The summed E-state index contributed by atoms with van der Waals surface area (Å²) in [6.07, 6.45) is 20.9. The molecule has 3 nitrogen and oxygen atoms in total. The van der Waals surface area contributed by atoms with Crippen LogP contribution >= 0.6 is 0 Å². The largest absolute Gasteiger partial charge is 0.493 e. The third kappa shape index (κ3) is 8.27. The lowest BCUT2D eigenvalue weighted by molar-refractivity contribution is 0.181. The number of ether oxygens (including phenoxy) is 1. The van der Waals surface area contributed by atoms with Crippen molar-refractivity contribution in [3.63, 3.8) is 0 Å². The normalized spacial score (nSPS) is 18.8. The van der Waals surface area contributed by atoms with Crippen LogP contribution in [0.25, 0.3) is 11.3 Å². The summed E-state index contributed by atoms with van der Waals surface area (Å²) >= 11 is 0. The third-order valence-electron chi connectivity index (χ3n) is 6.92. The van der Waals surface area contributed by atoms with Gasteiger partial charge in [-0.15, -0.1) is 0 Å². The number of nitrogens with zero attached hydrogens (tertiary/aromatic N) is 2. The van der Waals surface area contributed by atoms with E-state index in [1.165, 1.54) is 77.0 Å². The van der Waals surface area contributed by atoms with Crippen molar-refractivity contribution in [2.75, 3.05) is 6.61 Å². The van der Waals surface area contributed by atoms with Gasteiger partial charge in [-0.1, -0.05) is 71.6 Å². The summed E-state index contributed by atoms with van der Waals surface area (Å²) in [7, 11) is 0. The number of hydrogen-bond donors (Lipinski definition) is 0. The molecule has 0 radical (unpaired) electrons. The molecule has 0 saturated heterocycles. The Balaban J connectivity index is 1.38. The van der Waals surface area contributed by atoms with Gasteiger partial charge in [-0.2, -0.15) is 0 Å². The summed E-state index contributed by atoms with van der Waals surface area (Å²) in [5.74, 6) is 2.63. The Morgan fingerprint density at radius 1 is 0.774 bits per heavy atom. The van der Waals surface area contributed by atoms with Crippen LogP contribution in [0.5, 0.6) is 5.75 Å². The zero-order valence-corrected chi connectivity index (χ0v) is 19.8. The molecule has 3 heteroatoms. The first-order valence-corrected chi connectivity index (χ1v) is 12.8. The molecule has 170 valence electrons. The second kappa shape index (κ2) is 13.5. The highest BCUT2D eigenvalue weighted by atomic mass is 16.5. The summed E-state index contributed by atoms with van der Waals surface area (Å²) < 4.78 is 6.07. The molecule has 1 aromatic heterocycles. The zero-order valence-electron chi connectivity index (χ0n) is 19.8. The Morgan fingerprint density at radius 3 is 2.10 bits per heavy atom. The van der Waals surface area contributed by atoms with Crippen LogP contribution in [0, 0.1) is 11.8 Å². The van der Waals surface area contributed by atoms with Gasteiger partial charge in [0.05, 0.1) is 24.2 Å². The van der Waals surface area contributed by atoms with Crippen molar-refractivity contribution in [1.29, 1.82) is 0 Å². The molecule has 31 heavy (non-hydrogen) atoms. The second-order valence-corrected chi connectivity index (χ2v) is 9.39. The van der Waals surface area contributed by atoms with E-state index in [9.17, 15) is 0 Å². The Bertz CT molecular complexity index is 718. The summed E-state index contributed by atoms with van der Waals surface area (Å²) in [5, 5.41) is 0. The molecule has 0 amide bonds. The van der Waals surface area contributed by atoms with Crippen LogP contribution in [0.15, 0.2) is 36.7 Å². The molecule has 3 rings (SSSR count). The molecule has 0 unspecified atom stereocenters. The lowest BCUT2D eigenvalue weighted by atomic mass is 9.81. The molecular formula is C28H42N2O. The van der Waals surface area contributed by atoms with Gasteiger partial charge in [0.15, 0.2) is 0 Å². The molecule has 1 aromatic carbocycles. The fourth-order valence-corrected chi connectivity index (χ4v) is 4.64. The molecular weight excluding hydrogens is 380 g/mol. The minimum absolute atomic E-state index is 0.720. The van der Waals surface area contributed by atoms with Crippen molar-refractivity contribution in [2.24, 2.45) is 11.8 Å². The van der Waals surface area contributed by atoms with E-state index in [-0.39, 0.29) is 0 Å². The molecule has 1 fully saturated rings. The van der Waals surface area contributed by atoms with Gasteiger partial charge in [0, 0.05) is 11.8 Å². The monoisotopic (exact) mass is 422 g/mol. The maximum atomic E-state index is 6.07. The van der Waals surface area contributed by atoms with Crippen LogP contribution in [0.4, 0.5) is 0 Å². The number of unbranched alkanes of at least 4 members (excludes halogenated alkanes) is 6. The number of hydrogen-bond acceptors (Lipinski definition) is 3. The SMILES string of the molecule is CCCCCCCCCc1cnc(-c2ccc(OCC3CCC(CC)CC3)cc2)cn1.